The minimum atomic E-state index is -0.178. The van der Waals surface area contributed by atoms with Gasteiger partial charge in [-0.1, -0.05) is 18.2 Å². The molecule has 1 unspecified atom stereocenters. The van der Waals surface area contributed by atoms with E-state index in [-0.39, 0.29) is 17.6 Å². The van der Waals surface area contributed by atoms with Crippen LogP contribution in [0.5, 0.6) is 5.75 Å². The molecule has 0 saturated carbocycles. The van der Waals surface area contributed by atoms with Gasteiger partial charge in [-0.2, -0.15) is 0 Å². The van der Waals surface area contributed by atoms with Crippen molar-refractivity contribution in [1.82, 2.24) is 0 Å². The van der Waals surface area contributed by atoms with Crippen molar-refractivity contribution in [1.29, 1.82) is 0 Å². The number of anilines is 1. The number of rotatable bonds is 4. The minimum Gasteiger partial charge on any atom is -0.494 e. The van der Waals surface area contributed by atoms with Gasteiger partial charge in [0, 0.05) is 35.7 Å². The zero-order chi connectivity index (χ0) is 20.5. The number of ether oxygens (including phenoxy) is 1. The van der Waals surface area contributed by atoms with E-state index in [4.69, 9.17) is 4.74 Å². The first-order chi connectivity index (χ1) is 14.0. The van der Waals surface area contributed by atoms with Gasteiger partial charge in [-0.15, -0.1) is 0 Å². The Morgan fingerprint density at radius 1 is 1.00 bits per heavy atom. The monoisotopic (exact) mass is 389 g/mol. The SMILES string of the molecule is CCOc1ccc(C2CC(=O)N(c3cc(C)cc(C)c3)C3=C2C(=O)CCC3)cc1. The van der Waals surface area contributed by atoms with Gasteiger partial charge < -0.3 is 4.74 Å². The number of hydrogen-bond acceptors (Lipinski definition) is 3. The summed E-state index contributed by atoms with van der Waals surface area (Å²) in [5, 5.41) is 0. The zero-order valence-corrected chi connectivity index (χ0v) is 17.3. The molecule has 1 aliphatic heterocycles. The van der Waals surface area contributed by atoms with Crippen molar-refractivity contribution in [2.24, 2.45) is 0 Å². The van der Waals surface area contributed by atoms with Gasteiger partial charge in [-0.25, -0.2) is 0 Å². The topological polar surface area (TPSA) is 46.6 Å². The summed E-state index contributed by atoms with van der Waals surface area (Å²) in [7, 11) is 0. The third-order valence-electron chi connectivity index (χ3n) is 5.73. The molecule has 2 aromatic rings. The molecule has 0 spiro atoms. The van der Waals surface area contributed by atoms with Crippen LogP contribution in [0.15, 0.2) is 53.7 Å². The summed E-state index contributed by atoms with van der Waals surface area (Å²) in [4.78, 5) is 28.1. The van der Waals surface area contributed by atoms with Crippen LogP contribution in [0.25, 0.3) is 0 Å². The summed E-state index contributed by atoms with van der Waals surface area (Å²) >= 11 is 0. The molecule has 150 valence electrons. The van der Waals surface area contributed by atoms with Gasteiger partial charge in [0.05, 0.1) is 6.61 Å². The molecule has 1 aliphatic carbocycles. The minimum absolute atomic E-state index is 0.0577. The molecular formula is C25H27NO3. The Morgan fingerprint density at radius 3 is 2.34 bits per heavy atom. The van der Waals surface area contributed by atoms with Crippen LogP contribution in [-0.4, -0.2) is 18.3 Å². The highest BCUT2D eigenvalue weighted by atomic mass is 16.5. The third kappa shape index (κ3) is 3.71. The van der Waals surface area contributed by atoms with Crippen LogP contribution in [0.4, 0.5) is 5.69 Å². The zero-order valence-electron chi connectivity index (χ0n) is 17.3. The van der Waals surface area contributed by atoms with E-state index >= 15 is 0 Å². The van der Waals surface area contributed by atoms with Gasteiger partial charge in [0.15, 0.2) is 5.78 Å². The number of carbonyl (C=O) groups excluding carboxylic acids is 2. The number of aryl methyl sites for hydroxylation is 2. The predicted molar refractivity (Wildman–Crippen MR) is 114 cm³/mol. The van der Waals surface area contributed by atoms with Crippen molar-refractivity contribution >= 4 is 17.4 Å². The Morgan fingerprint density at radius 2 is 1.69 bits per heavy atom. The molecule has 4 nitrogen and oxygen atoms in total. The Hall–Kier alpha value is -2.88. The summed E-state index contributed by atoms with van der Waals surface area (Å²) in [6.45, 7) is 6.64. The molecule has 0 bridgehead atoms. The van der Waals surface area contributed by atoms with E-state index in [1.54, 1.807) is 4.90 Å². The second-order valence-corrected chi connectivity index (χ2v) is 7.97. The van der Waals surface area contributed by atoms with E-state index in [2.05, 4.69) is 6.07 Å². The van der Waals surface area contributed by atoms with E-state index in [9.17, 15) is 9.59 Å². The van der Waals surface area contributed by atoms with Gasteiger partial charge in [0.2, 0.25) is 5.91 Å². The standard InChI is InChI=1S/C25H27NO3/c1-4-29-20-10-8-18(9-11-20)21-15-24(28)26(19-13-16(2)12-17(3)14-19)22-6-5-7-23(27)25(21)22/h8-14,21H,4-7,15H2,1-3H3. The number of amides is 1. The second kappa shape index (κ2) is 7.86. The van der Waals surface area contributed by atoms with Gasteiger partial charge in [-0.05, 0) is 74.6 Å². The molecule has 4 rings (SSSR count). The van der Waals surface area contributed by atoms with Crippen LogP contribution in [0.3, 0.4) is 0 Å². The first-order valence-corrected chi connectivity index (χ1v) is 10.4. The summed E-state index contributed by atoms with van der Waals surface area (Å²) in [6.07, 6.45) is 2.42. The highest BCUT2D eigenvalue weighted by Crippen LogP contribution is 2.43. The molecular weight excluding hydrogens is 362 g/mol. The van der Waals surface area contributed by atoms with Crippen LogP contribution in [0.1, 0.15) is 55.2 Å². The van der Waals surface area contributed by atoms with Gasteiger partial charge in [0.1, 0.15) is 5.75 Å². The fourth-order valence-corrected chi connectivity index (χ4v) is 4.62. The van der Waals surface area contributed by atoms with Gasteiger partial charge in [-0.3, -0.25) is 14.5 Å². The van der Waals surface area contributed by atoms with Crippen molar-refractivity contribution in [2.75, 3.05) is 11.5 Å². The smallest absolute Gasteiger partial charge is 0.232 e. The number of hydrogen-bond donors (Lipinski definition) is 0. The molecule has 1 heterocycles. The fraction of sp³-hybridized carbons (Fsp3) is 0.360. The maximum absolute atomic E-state index is 13.3. The summed E-state index contributed by atoms with van der Waals surface area (Å²) < 4.78 is 5.54. The number of Topliss-reactive ketones (excluding diaryl/α,β-unsaturated/α-hetero) is 1. The molecule has 29 heavy (non-hydrogen) atoms. The van der Waals surface area contributed by atoms with E-state index in [0.29, 0.717) is 19.4 Å². The lowest BCUT2D eigenvalue weighted by molar-refractivity contribution is -0.119. The van der Waals surface area contributed by atoms with Crippen LogP contribution in [0.2, 0.25) is 0 Å². The van der Waals surface area contributed by atoms with Crippen molar-refractivity contribution in [2.45, 2.75) is 52.4 Å². The molecule has 0 fully saturated rings. The summed E-state index contributed by atoms with van der Waals surface area (Å²) in [5.41, 5.74) is 5.82. The largest absolute Gasteiger partial charge is 0.494 e. The quantitative estimate of drug-likeness (QED) is 0.719. The van der Waals surface area contributed by atoms with Crippen molar-refractivity contribution in [3.05, 3.63) is 70.4 Å². The average Bonchev–Trinajstić information content (AvgIpc) is 2.67. The first kappa shape index (κ1) is 19.4. The maximum Gasteiger partial charge on any atom is 0.232 e. The fourth-order valence-electron chi connectivity index (χ4n) is 4.62. The van der Waals surface area contributed by atoms with Gasteiger partial charge >= 0.3 is 0 Å². The molecule has 2 aromatic carbocycles. The number of ketones is 1. The van der Waals surface area contributed by atoms with E-state index in [1.165, 1.54) is 0 Å². The highest BCUT2D eigenvalue weighted by molar-refractivity contribution is 6.07. The summed E-state index contributed by atoms with van der Waals surface area (Å²) in [6, 6.07) is 14.0. The van der Waals surface area contributed by atoms with E-state index < -0.39 is 0 Å². The number of carbonyl (C=O) groups is 2. The molecule has 1 amide bonds. The van der Waals surface area contributed by atoms with Crippen molar-refractivity contribution in [3.63, 3.8) is 0 Å². The predicted octanol–water partition coefficient (Wildman–Crippen LogP) is 5.23. The molecule has 4 heteroatoms. The van der Waals surface area contributed by atoms with Crippen LogP contribution in [-0.2, 0) is 9.59 Å². The van der Waals surface area contributed by atoms with Crippen LogP contribution < -0.4 is 9.64 Å². The van der Waals surface area contributed by atoms with E-state index in [1.807, 2.05) is 57.2 Å². The Kier molecular flexibility index (Phi) is 5.27. The lowest BCUT2D eigenvalue weighted by atomic mass is 9.77. The average molecular weight is 389 g/mol. The van der Waals surface area contributed by atoms with Crippen LogP contribution in [0, 0.1) is 13.8 Å². The number of nitrogens with zero attached hydrogens (tertiary/aromatic N) is 1. The summed E-state index contributed by atoms with van der Waals surface area (Å²) in [5.74, 6) is 0.858. The second-order valence-electron chi connectivity index (χ2n) is 7.97. The Labute approximate surface area is 172 Å². The molecule has 0 radical (unpaired) electrons. The number of benzene rings is 2. The molecule has 2 aliphatic rings. The van der Waals surface area contributed by atoms with Gasteiger partial charge in [0.25, 0.3) is 0 Å². The molecule has 0 aromatic heterocycles. The van der Waals surface area contributed by atoms with Crippen molar-refractivity contribution in [3.8, 4) is 5.75 Å². The first-order valence-electron chi connectivity index (χ1n) is 10.4. The maximum atomic E-state index is 13.3. The van der Waals surface area contributed by atoms with E-state index in [0.717, 1.165) is 52.2 Å². The molecule has 0 N–H and O–H groups in total. The molecule has 1 atom stereocenters. The third-order valence-corrected chi connectivity index (χ3v) is 5.73. The normalized spacial score (nSPS) is 19.4. The highest BCUT2D eigenvalue weighted by Gasteiger charge is 2.39. The lowest BCUT2D eigenvalue weighted by Gasteiger charge is -2.38. The van der Waals surface area contributed by atoms with Crippen LogP contribution >= 0.6 is 0 Å². The molecule has 0 saturated heterocycles. The lowest BCUT2D eigenvalue weighted by Crippen LogP contribution is -2.40. The number of allylic oxidation sites excluding steroid dienone is 2. The Balaban J connectivity index is 1.80. The van der Waals surface area contributed by atoms with Crippen molar-refractivity contribution < 1.29 is 14.3 Å². The Bertz CT molecular complexity index is 967.